The van der Waals surface area contributed by atoms with Crippen molar-refractivity contribution in [1.29, 1.82) is 5.26 Å². The second-order valence-corrected chi connectivity index (χ2v) is 5.77. The summed E-state index contributed by atoms with van der Waals surface area (Å²) < 4.78 is 24.7. The molecule has 0 heterocycles. The van der Waals surface area contributed by atoms with E-state index in [2.05, 4.69) is 0 Å². The third-order valence-corrected chi connectivity index (χ3v) is 3.78. The Morgan fingerprint density at radius 2 is 2.08 bits per heavy atom. The molecular weight excluding hydrogens is 357 g/mol. The average Bonchev–Trinajstić information content (AvgIpc) is 2.64. The molecule has 0 bridgehead atoms. The highest BCUT2D eigenvalue weighted by Gasteiger charge is 2.17. The van der Waals surface area contributed by atoms with Gasteiger partial charge in [0.2, 0.25) is 5.78 Å². The maximum absolute atomic E-state index is 13.8. The van der Waals surface area contributed by atoms with Crippen molar-refractivity contribution in [3.63, 3.8) is 0 Å². The quantitative estimate of drug-likeness (QED) is 0.386. The Morgan fingerprint density at radius 3 is 2.69 bits per heavy atom. The lowest BCUT2D eigenvalue weighted by atomic mass is 10.0. The summed E-state index contributed by atoms with van der Waals surface area (Å²) in [4.78, 5) is 12.4. The molecule has 0 radical (unpaired) electrons. The Bertz CT molecular complexity index is 887. The summed E-state index contributed by atoms with van der Waals surface area (Å²) >= 11 is 6.24. The van der Waals surface area contributed by atoms with Crippen LogP contribution in [0.4, 0.5) is 4.39 Å². The van der Waals surface area contributed by atoms with Gasteiger partial charge in [0.15, 0.2) is 11.5 Å². The first-order chi connectivity index (χ1) is 12.5. The van der Waals surface area contributed by atoms with E-state index in [0.29, 0.717) is 28.7 Å². The first-order valence-corrected chi connectivity index (χ1v) is 8.31. The van der Waals surface area contributed by atoms with Crippen molar-refractivity contribution in [3.8, 4) is 17.6 Å². The van der Waals surface area contributed by atoms with E-state index in [9.17, 15) is 14.4 Å². The van der Waals surface area contributed by atoms with Crippen LogP contribution in [0.3, 0.4) is 0 Å². The number of carbonyl (C=O) groups excluding carboxylic acids is 1. The Kier molecular flexibility index (Phi) is 6.76. The van der Waals surface area contributed by atoms with Gasteiger partial charge in [-0.25, -0.2) is 4.39 Å². The summed E-state index contributed by atoms with van der Waals surface area (Å²) in [6.07, 6.45) is 2.14. The molecule has 0 unspecified atom stereocenters. The summed E-state index contributed by atoms with van der Waals surface area (Å²) in [5.41, 5.74) is 0.0913. The second-order valence-electron chi connectivity index (χ2n) is 5.36. The number of nitriles is 1. The van der Waals surface area contributed by atoms with Gasteiger partial charge >= 0.3 is 0 Å². The molecule has 6 heteroatoms. The number of ketones is 1. The Labute approximate surface area is 156 Å². The molecule has 2 rings (SSSR count). The minimum absolute atomic E-state index is 0.165. The van der Waals surface area contributed by atoms with Gasteiger partial charge in [-0.05, 0) is 42.3 Å². The Balaban J connectivity index is 2.43. The lowest BCUT2D eigenvalue weighted by molar-refractivity contribution is 0.103. The van der Waals surface area contributed by atoms with Gasteiger partial charge in [-0.15, -0.1) is 0 Å². The number of methoxy groups -OCH3 is 1. The van der Waals surface area contributed by atoms with Gasteiger partial charge in [-0.2, -0.15) is 5.26 Å². The highest BCUT2D eigenvalue weighted by Crippen LogP contribution is 2.37. The Morgan fingerprint density at radius 1 is 1.35 bits per heavy atom. The van der Waals surface area contributed by atoms with Gasteiger partial charge < -0.3 is 9.47 Å². The van der Waals surface area contributed by atoms with Crippen molar-refractivity contribution in [3.05, 3.63) is 63.9 Å². The molecule has 0 atom stereocenters. The van der Waals surface area contributed by atoms with Crippen LogP contribution in [0, 0.1) is 17.1 Å². The summed E-state index contributed by atoms with van der Waals surface area (Å²) in [6.45, 7) is 2.44. The van der Waals surface area contributed by atoms with E-state index in [1.165, 1.54) is 37.5 Å². The smallest absolute Gasteiger partial charge is 0.206 e. The maximum atomic E-state index is 13.8. The molecule has 0 aromatic heterocycles. The molecule has 0 saturated heterocycles. The highest BCUT2D eigenvalue weighted by atomic mass is 35.5. The molecule has 0 amide bonds. The molecule has 0 aliphatic rings. The average molecular weight is 374 g/mol. The normalized spacial score (nSPS) is 11.0. The standard InChI is InChI=1S/C20H17ClFNO3/c1-3-8-26-20-16(21)10-13(11-18(20)25-2)9-14(12-23)19(24)15-6-4-5-7-17(15)22/h4-7,9-11H,3,8H2,1-2H3/b14-9+. The minimum Gasteiger partial charge on any atom is -0.493 e. The summed E-state index contributed by atoms with van der Waals surface area (Å²) in [6, 6.07) is 10.5. The van der Waals surface area contributed by atoms with Crippen LogP contribution in [-0.4, -0.2) is 19.5 Å². The van der Waals surface area contributed by atoms with Crippen molar-refractivity contribution < 1.29 is 18.7 Å². The van der Waals surface area contributed by atoms with Crippen LogP contribution in [0.1, 0.15) is 29.3 Å². The van der Waals surface area contributed by atoms with E-state index >= 15 is 0 Å². The van der Waals surface area contributed by atoms with Crippen molar-refractivity contribution in [1.82, 2.24) is 0 Å². The number of Topliss-reactive ketones (excluding diaryl/α,β-unsaturated/α-hetero) is 1. The monoisotopic (exact) mass is 373 g/mol. The van der Waals surface area contributed by atoms with E-state index in [0.717, 1.165) is 6.42 Å². The van der Waals surface area contributed by atoms with Gasteiger partial charge in [-0.1, -0.05) is 30.7 Å². The number of ether oxygens (including phenoxy) is 2. The third kappa shape index (κ3) is 4.41. The number of nitrogens with zero attached hydrogens (tertiary/aromatic N) is 1. The summed E-state index contributed by atoms with van der Waals surface area (Å²) in [7, 11) is 1.47. The number of benzene rings is 2. The van der Waals surface area contributed by atoms with E-state index in [-0.39, 0.29) is 11.1 Å². The second kappa shape index (κ2) is 9.02. The van der Waals surface area contributed by atoms with Crippen molar-refractivity contribution in [2.75, 3.05) is 13.7 Å². The van der Waals surface area contributed by atoms with Crippen LogP contribution in [0.15, 0.2) is 42.0 Å². The predicted octanol–water partition coefficient (Wildman–Crippen LogP) is 5.07. The van der Waals surface area contributed by atoms with E-state index in [1.54, 1.807) is 12.1 Å². The number of halogens is 2. The zero-order valence-corrected chi connectivity index (χ0v) is 15.1. The van der Waals surface area contributed by atoms with Gasteiger partial charge in [0.25, 0.3) is 0 Å². The predicted molar refractivity (Wildman–Crippen MR) is 98.1 cm³/mol. The fraction of sp³-hybridized carbons (Fsp3) is 0.200. The van der Waals surface area contributed by atoms with Crippen LogP contribution in [0.5, 0.6) is 11.5 Å². The molecule has 0 spiro atoms. The van der Waals surface area contributed by atoms with E-state index < -0.39 is 11.6 Å². The van der Waals surface area contributed by atoms with Crippen molar-refractivity contribution in [2.24, 2.45) is 0 Å². The number of hydrogen-bond donors (Lipinski definition) is 0. The zero-order chi connectivity index (χ0) is 19.1. The molecule has 26 heavy (non-hydrogen) atoms. The molecular formula is C20H17ClFNO3. The number of hydrogen-bond acceptors (Lipinski definition) is 4. The number of allylic oxidation sites excluding steroid dienone is 1. The fourth-order valence-electron chi connectivity index (χ4n) is 2.27. The minimum atomic E-state index is -0.702. The molecule has 2 aromatic carbocycles. The molecule has 2 aromatic rings. The molecule has 0 aliphatic heterocycles. The van der Waals surface area contributed by atoms with Gasteiger partial charge in [0.05, 0.1) is 24.3 Å². The molecule has 0 aliphatic carbocycles. The zero-order valence-electron chi connectivity index (χ0n) is 14.4. The molecule has 0 fully saturated rings. The molecule has 4 nitrogen and oxygen atoms in total. The fourth-order valence-corrected chi connectivity index (χ4v) is 2.55. The first-order valence-electron chi connectivity index (χ1n) is 7.93. The van der Waals surface area contributed by atoms with Crippen LogP contribution in [0.25, 0.3) is 6.08 Å². The lowest BCUT2D eigenvalue weighted by Crippen LogP contribution is -2.05. The SMILES string of the molecule is CCCOc1c(Cl)cc(/C=C(\C#N)C(=O)c2ccccc2F)cc1OC. The van der Waals surface area contributed by atoms with Gasteiger partial charge in [0, 0.05) is 0 Å². The molecule has 0 N–H and O–H groups in total. The Hall–Kier alpha value is -2.84. The largest absolute Gasteiger partial charge is 0.493 e. The van der Waals surface area contributed by atoms with E-state index in [1.807, 2.05) is 13.0 Å². The van der Waals surface area contributed by atoms with Crippen molar-refractivity contribution in [2.45, 2.75) is 13.3 Å². The number of rotatable bonds is 7. The summed E-state index contributed by atoms with van der Waals surface area (Å²) in [5.74, 6) is -0.607. The van der Waals surface area contributed by atoms with Crippen molar-refractivity contribution >= 4 is 23.5 Å². The third-order valence-electron chi connectivity index (χ3n) is 3.50. The summed E-state index contributed by atoms with van der Waals surface area (Å²) in [5, 5.41) is 9.62. The highest BCUT2D eigenvalue weighted by molar-refractivity contribution is 6.32. The van der Waals surface area contributed by atoms with Gasteiger partial charge in [0.1, 0.15) is 17.5 Å². The number of carbonyl (C=O) groups is 1. The van der Waals surface area contributed by atoms with Gasteiger partial charge in [-0.3, -0.25) is 4.79 Å². The molecule has 134 valence electrons. The first kappa shape index (κ1) is 19.5. The molecule has 0 saturated carbocycles. The lowest BCUT2D eigenvalue weighted by Gasteiger charge is -2.13. The topological polar surface area (TPSA) is 59.3 Å². The van der Waals surface area contributed by atoms with Crippen LogP contribution >= 0.6 is 11.6 Å². The van der Waals surface area contributed by atoms with Crippen LogP contribution < -0.4 is 9.47 Å². The van der Waals surface area contributed by atoms with E-state index in [4.69, 9.17) is 21.1 Å². The van der Waals surface area contributed by atoms with Crippen LogP contribution in [-0.2, 0) is 0 Å². The maximum Gasteiger partial charge on any atom is 0.206 e. The van der Waals surface area contributed by atoms with Crippen LogP contribution in [0.2, 0.25) is 5.02 Å².